The van der Waals surface area contributed by atoms with E-state index < -0.39 is 23.9 Å². The van der Waals surface area contributed by atoms with E-state index in [-0.39, 0.29) is 26.0 Å². The minimum atomic E-state index is -1.15. The van der Waals surface area contributed by atoms with Crippen molar-refractivity contribution in [2.24, 2.45) is 0 Å². The third-order valence-corrected chi connectivity index (χ3v) is 1.91. The highest BCUT2D eigenvalue weighted by molar-refractivity contribution is 5.82. The predicted octanol–water partition coefficient (Wildman–Crippen LogP) is -0.454. The van der Waals surface area contributed by atoms with Gasteiger partial charge in [-0.25, -0.2) is 4.79 Å². The average molecular weight is 247 g/mol. The Balaban J connectivity index is 3.79. The monoisotopic (exact) mass is 247 g/mol. The first-order valence-corrected chi connectivity index (χ1v) is 5.19. The maximum Gasteiger partial charge on any atom is 0.334 e. The molecule has 0 rings (SSSR count). The Morgan fingerprint density at radius 3 is 2.41 bits per heavy atom. The van der Waals surface area contributed by atoms with Gasteiger partial charge in [0.05, 0.1) is 19.6 Å². The van der Waals surface area contributed by atoms with Crippen molar-refractivity contribution in [3.8, 4) is 0 Å². The van der Waals surface area contributed by atoms with Crippen LogP contribution in [0.15, 0.2) is 0 Å². The molecule has 0 bridgehead atoms. The van der Waals surface area contributed by atoms with E-state index in [0.29, 0.717) is 0 Å². The van der Waals surface area contributed by atoms with Crippen LogP contribution < -0.4 is 5.32 Å². The minimum Gasteiger partial charge on any atom is -0.479 e. The van der Waals surface area contributed by atoms with E-state index in [2.05, 4.69) is 14.8 Å². The van der Waals surface area contributed by atoms with E-state index in [1.165, 1.54) is 7.11 Å². The van der Waals surface area contributed by atoms with Crippen LogP contribution in [-0.4, -0.2) is 49.3 Å². The van der Waals surface area contributed by atoms with Gasteiger partial charge in [0.25, 0.3) is 0 Å². The number of carbonyl (C=O) groups excluding carboxylic acids is 2. The molecule has 0 saturated carbocycles. The summed E-state index contributed by atoms with van der Waals surface area (Å²) in [4.78, 5) is 32.7. The highest BCUT2D eigenvalue weighted by Crippen LogP contribution is 1.94. The Kier molecular flexibility index (Phi) is 7.70. The molecule has 7 heteroatoms. The van der Waals surface area contributed by atoms with Gasteiger partial charge in [-0.05, 0) is 6.92 Å². The summed E-state index contributed by atoms with van der Waals surface area (Å²) in [5.41, 5.74) is 0. The highest BCUT2D eigenvalue weighted by Gasteiger charge is 2.17. The second kappa shape index (κ2) is 8.51. The molecule has 2 N–H and O–H groups in total. The number of aliphatic carboxylic acids is 1. The van der Waals surface area contributed by atoms with Crippen LogP contribution in [0.2, 0.25) is 0 Å². The van der Waals surface area contributed by atoms with Crippen LogP contribution >= 0.6 is 0 Å². The predicted molar refractivity (Wildman–Crippen MR) is 57.3 cm³/mol. The van der Waals surface area contributed by atoms with Crippen LogP contribution in [0.4, 0.5) is 0 Å². The summed E-state index contributed by atoms with van der Waals surface area (Å²) >= 11 is 0. The zero-order chi connectivity index (χ0) is 13.3. The van der Waals surface area contributed by atoms with E-state index in [9.17, 15) is 14.4 Å². The quantitative estimate of drug-likeness (QED) is 0.563. The summed E-state index contributed by atoms with van der Waals surface area (Å²) in [5.74, 6) is -2.02. The number of esters is 1. The second-order valence-electron chi connectivity index (χ2n) is 3.17. The lowest BCUT2D eigenvalue weighted by Gasteiger charge is -2.11. The van der Waals surface area contributed by atoms with Crippen molar-refractivity contribution in [2.75, 3.05) is 20.3 Å². The third-order valence-electron chi connectivity index (χ3n) is 1.91. The number of methoxy groups -OCH3 is 1. The van der Waals surface area contributed by atoms with Crippen molar-refractivity contribution in [1.82, 2.24) is 5.32 Å². The first kappa shape index (κ1) is 15.4. The molecule has 1 atom stereocenters. The zero-order valence-corrected chi connectivity index (χ0v) is 9.89. The molecule has 0 aromatic rings. The van der Waals surface area contributed by atoms with Gasteiger partial charge in [0.15, 0.2) is 6.10 Å². The van der Waals surface area contributed by atoms with Crippen molar-refractivity contribution in [2.45, 2.75) is 25.9 Å². The summed E-state index contributed by atoms with van der Waals surface area (Å²) in [7, 11) is 1.24. The van der Waals surface area contributed by atoms with Gasteiger partial charge < -0.3 is 19.9 Å². The Morgan fingerprint density at radius 2 is 1.94 bits per heavy atom. The number of carbonyl (C=O) groups is 3. The highest BCUT2D eigenvalue weighted by atomic mass is 16.5. The summed E-state index contributed by atoms with van der Waals surface area (Å²) < 4.78 is 9.26. The number of nitrogens with one attached hydrogen (secondary N) is 1. The van der Waals surface area contributed by atoms with Gasteiger partial charge in [-0.2, -0.15) is 0 Å². The van der Waals surface area contributed by atoms with E-state index in [1.54, 1.807) is 6.92 Å². The standard InChI is InChI=1S/C10H17NO6/c1-3-17-9(13)5-4-8(12)11-6-7(16-2)10(14)15/h7H,3-6H2,1-2H3,(H,11,12)(H,14,15). The van der Waals surface area contributed by atoms with Gasteiger partial charge in [0.1, 0.15) is 0 Å². The molecular weight excluding hydrogens is 230 g/mol. The molecule has 0 spiro atoms. The van der Waals surface area contributed by atoms with Crippen molar-refractivity contribution < 1.29 is 29.0 Å². The third kappa shape index (κ3) is 7.29. The molecule has 0 aliphatic rings. The lowest BCUT2D eigenvalue weighted by Crippen LogP contribution is -2.37. The molecule has 0 aliphatic carbocycles. The molecule has 1 amide bonds. The van der Waals surface area contributed by atoms with Gasteiger partial charge in [-0.1, -0.05) is 0 Å². The number of amides is 1. The lowest BCUT2D eigenvalue weighted by atomic mass is 10.3. The summed E-state index contributed by atoms with van der Waals surface area (Å²) in [6.07, 6.45) is -1.14. The van der Waals surface area contributed by atoms with Gasteiger partial charge in [-0.15, -0.1) is 0 Å². The first-order chi connectivity index (χ1) is 8.01. The van der Waals surface area contributed by atoms with Gasteiger partial charge >= 0.3 is 11.9 Å². The topological polar surface area (TPSA) is 102 Å². The number of carboxylic acid groups (broad SMARTS) is 1. The number of ether oxygens (including phenoxy) is 2. The molecule has 0 aromatic carbocycles. The van der Waals surface area contributed by atoms with Gasteiger partial charge in [0, 0.05) is 13.5 Å². The van der Waals surface area contributed by atoms with Gasteiger partial charge in [0.2, 0.25) is 5.91 Å². The minimum absolute atomic E-state index is 0.0234. The molecule has 98 valence electrons. The van der Waals surface area contributed by atoms with E-state index in [1.807, 2.05) is 0 Å². The van der Waals surface area contributed by atoms with Crippen molar-refractivity contribution in [1.29, 1.82) is 0 Å². The molecular formula is C10H17NO6. The van der Waals surface area contributed by atoms with Crippen LogP contribution in [0.1, 0.15) is 19.8 Å². The van der Waals surface area contributed by atoms with Crippen LogP contribution in [0.3, 0.4) is 0 Å². The van der Waals surface area contributed by atoms with Crippen molar-refractivity contribution in [3.05, 3.63) is 0 Å². The van der Waals surface area contributed by atoms with E-state index in [0.717, 1.165) is 0 Å². The smallest absolute Gasteiger partial charge is 0.334 e. The number of rotatable bonds is 8. The SMILES string of the molecule is CCOC(=O)CCC(=O)NCC(OC)C(=O)O. The largest absolute Gasteiger partial charge is 0.479 e. The molecule has 1 unspecified atom stereocenters. The molecule has 7 nitrogen and oxygen atoms in total. The fourth-order valence-electron chi connectivity index (χ4n) is 1.02. The van der Waals surface area contributed by atoms with Gasteiger partial charge in [-0.3, -0.25) is 9.59 Å². The number of hydrogen-bond donors (Lipinski definition) is 2. The van der Waals surface area contributed by atoms with Crippen molar-refractivity contribution in [3.63, 3.8) is 0 Å². The molecule has 0 heterocycles. The average Bonchev–Trinajstić information content (AvgIpc) is 2.27. The molecule has 0 saturated heterocycles. The molecule has 0 aliphatic heterocycles. The summed E-state index contributed by atoms with van der Waals surface area (Å²) in [6, 6.07) is 0. The molecule has 0 aromatic heterocycles. The van der Waals surface area contributed by atoms with E-state index >= 15 is 0 Å². The Hall–Kier alpha value is -1.63. The normalized spacial score (nSPS) is 11.6. The molecule has 17 heavy (non-hydrogen) atoms. The number of hydrogen-bond acceptors (Lipinski definition) is 5. The fourth-order valence-corrected chi connectivity index (χ4v) is 1.02. The Bertz CT molecular complexity index is 278. The van der Waals surface area contributed by atoms with Crippen LogP contribution in [0, 0.1) is 0 Å². The molecule has 0 radical (unpaired) electrons. The van der Waals surface area contributed by atoms with Crippen molar-refractivity contribution >= 4 is 17.8 Å². The van der Waals surface area contributed by atoms with Crippen LogP contribution in [0.25, 0.3) is 0 Å². The summed E-state index contributed by atoms with van der Waals surface area (Å²) in [6.45, 7) is 1.81. The Morgan fingerprint density at radius 1 is 1.29 bits per heavy atom. The molecule has 0 fully saturated rings. The lowest BCUT2D eigenvalue weighted by molar-refractivity contribution is -0.149. The van der Waals surface area contributed by atoms with Crippen LogP contribution in [-0.2, 0) is 23.9 Å². The fraction of sp³-hybridized carbons (Fsp3) is 0.700. The zero-order valence-electron chi connectivity index (χ0n) is 9.89. The maximum absolute atomic E-state index is 11.2. The second-order valence-corrected chi connectivity index (χ2v) is 3.17. The maximum atomic E-state index is 11.2. The van der Waals surface area contributed by atoms with Crippen LogP contribution in [0.5, 0.6) is 0 Å². The first-order valence-electron chi connectivity index (χ1n) is 5.19. The summed E-state index contributed by atoms with van der Waals surface area (Å²) in [5, 5.41) is 11.0. The van der Waals surface area contributed by atoms with E-state index in [4.69, 9.17) is 5.11 Å². The Labute approximate surface area is 99.1 Å². The number of carboxylic acids is 1.